The number of hydrogen-bond acceptors (Lipinski definition) is 4. The van der Waals surface area contributed by atoms with Crippen LogP contribution in [0.1, 0.15) is 35.7 Å². The molecule has 1 aromatic heterocycles. The molecule has 0 bridgehead atoms. The number of hydrogen-bond donors (Lipinski definition) is 1. The number of likely N-dealkylation sites (N-methyl/N-ethyl adjacent to an activating group) is 1. The van der Waals surface area contributed by atoms with Crippen LogP contribution in [0.4, 0.5) is 0 Å². The molecular weight excluding hydrogens is 416 g/mol. The Morgan fingerprint density at radius 3 is 2.39 bits per heavy atom. The second-order valence-electron chi connectivity index (χ2n) is 8.42. The second kappa shape index (κ2) is 10.0. The fraction of sp³-hybridized carbons (Fsp3) is 0.346. The summed E-state index contributed by atoms with van der Waals surface area (Å²) in [4.78, 5) is 40.5. The van der Waals surface area contributed by atoms with Gasteiger partial charge in [-0.1, -0.05) is 37.3 Å². The van der Waals surface area contributed by atoms with Gasteiger partial charge < -0.3 is 5.32 Å². The summed E-state index contributed by atoms with van der Waals surface area (Å²) in [5, 5.41) is 3.05. The molecule has 1 fully saturated rings. The van der Waals surface area contributed by atoms with Crippen molar-refractivity contribution in [1.82, 2.24) is 19.4 Å². The van der Waals surface area contributed by atoms with E-state index in [2.05, 4.69) is 23.7 Å². The van der Waals surface area contributed by atoms with Crippen LogP contribution in [0, 0.1) is 0 Å². The van der Waals surface area contributed by atoms with Crippen molar-refractivity contribution in [2.75, 3.05) is 19.6 Å². The fourth-order valence-electron chi connectivity index (χ4n) is 4.64. The van der Waals surface area contributed by atoms with E-state index in [1.165, 1.54) is 15.6 Å². The predicted octanol–water partition coefficient (Wildman–Crippen LogP) is 2.61. The highest BCUT2D eigenvalue weighted by atomic mass is 16.2. The van der Waals surface area contributed by atoms with Crippen LogP contribution >= 0.6 is 0 Å². The van der Waals surface area contributed by atoms with E-state index in [9.17, 15) is 14.4 Å². The van der Waals surface area contributed by atoms with Gasteiger partial charge in [0.1, 0.15) is 0 Å². The lowest BCUT2D eigenvalue weighted by molar-refractivity contribution is 0.0941. The predicted molar refractivity (Wildman–Crippen MR) is 131 cm³/mol. The summed E-state index contributed by atoms with van der Waals surface area (Å²) in [6.45, 7) is 9.10. The molecule has 0 spiro atoms. The average Bonchev–Trinajstić information content (AvgIpc) is 3.31. The van der Waals surface area contributed by atoms with Crippen molar-refractivity contribution in [3.05, 3.63) is 93.0 Å². The molecule has 3 aromatic rings. The summed E-state index contributed by atoms with van der Waals surface area (Å²) in [6, 6.07) is 15.0. The van der Waals surface area contributed by atoms with Crippen molar-refractivity contribution < 1.29 is 4.79 Å². The lowest BCUT2D eigenvalue weighted by Gasteiger charge is -2.22. The Morgan fingerprint density at radius 2 is 1.73 bits per heavy atom. The van der Waals surface area contributed by atoms with E-state index < -0.39 is 11.1 Å². The standard InChI is InChI=1S/C26H30N4O3/c1-3-15-29-22-9-5-6-10-23(22)30(26(33)25(29)32)18-19-11-13-20(14-12-19)24(31)27-17-21-8-7-16-28(21)4-2/h3,5-6,9-14,21H,1,4,7-8,15-18H2,2H3,(H,27,31). The van der Waals surface area contributed by atoms with E-state index in [-0.39, 0.29) is 19.0 Å². The molecule has 1 aliphatic rings. The average molecular weight is 447 g/mol. The molecule has 7 nitrogen and oxygen atoms in total. The number of amides is 1. The lowest BCUT2D eigenvalue weighted by atomic mass is 10.1. The van der Waals surface area contributed by atoms with Gasteiger partial charge >= 0.3 is 11.1 Å². The first-order valence-corrected chi connectivity index (χ1v) is 11.5. The van der Waals surface area contributed by atoms with Gasteiger partial charge in [-0.05, 0) is 55.8 Å². The number of carbonyl (C=O) groups excluding carboxylic acids is 1. The summed E-state index contributed by atoms with van der Waals surface area (Å²) in [6.07, 6.45) is 3.89. The third-order valence-electron chi connectivity index (χ3n) is 6.41. The summed E-state index contributed by atoms with van der Waals surface area (Å²) >= 11 is 0. The number of carbonyl (C=O) groups is 1. The third-order valence-corrected chi connectivity index (χ3v) is 6.41. The molecule has 1 amide bonds. The molecule has 1 N–H and O–H groups in total. The normalized spacial score (nSPS) is 16.2. The molecule has 4 rings (SSSR count). The molecular formula is C26H30N4O3. The van der Waals surface area contributed by atoms with Crippen molar-refractivity contribution in [2.45, 2.75) is 38.9 Å². The number of nitrogens with zero attached hydrogens (tertiary/aromatic N) is 3. The van der Waals surface area contributed by atoms with Gasteiger partial charge in [-0.25, -0.2) is 0 Å². The van der Waals surface area contributed by atoms with Gasteiger partial charge in [-0.2, -0.15) is 0 Å². The molecule has 172 valence electrons. The SMILES string of the molecule is C=CCn1c(=O)c(=O)n(Cc2ccc(C(=O)NCC3CCCN3CC)cc2)c2ccccc21. The molecule has 1 atom stereocenters. The first kappa shape index (κ1) is 22.7. The van der Waals surface area contributed by atoms with Crippen LogP contribution in [0.3, 0.4) is 0 Å². The monoisotopic (exact) mass is 446 g/mol. The zero-order valence-electron chi connectivity index (χ0n) is 19.0. The van der Waals surface area contributed by atoms with Gasteiger partial charge in [-0.15, -0.1) is 6.58 Å². The fourth-order valence-corrected chi connectivity index (χ4v) is 4.64. The molecule has 7 heteroatoms. The Bertz CT molecular complexity index is 1270. The van der Waals surface area contributed by atoms with Crippen LogP contribution in [0.2, 0.25) is 0 Å². The molecule has 0 aliphatic carbocycles. The van der Waals surface area contributed by atoms with E-state index >= 15 is 0 Å². The van der Waals surface area contributed by atoms with Gasteiger partial charge in [0.2, 0.25) is 0 Å². The highest BCUT2D eigenvalue weighted by Crippen LogP contribution is 2.16. The van der Waals surface area contributed by atoms with Gasteiger partial charge in [0.15, 0.2) is 0 Å². The number of para-hydroxylation sites is 2. The van der Waals surface area contributed by atoms with Crippen molar-refractivity contribution >= 4 is 16.9 Å². The van der Waals surface area contributed by atoms with Crippen LogP contribution in [0.25, 0.3) is 11.0 Å². The number of rotatable bonds is 8. The summed E-state index contributed by atoms with van der Waals surface area (Å²) in [7, 11) is 0. The van der Waals surface area contributed by atoms with E-state index in [4.69, 9.17) is 0 Å². The molecule has 0 saturated carbocycles. The maximum absolute atomic E-state index is 12.8. The molecule has 1 saturated heterocycles. The van der Waals surface area contributed by atoms with Gasteiger partial charge in [-0.3, -0.25) is 28.4 Å². The van der Waals surface area contributed by atoms with Gasteiger partial charge in [0.05, 0.1) is 17.6 Å². The maximum atomic E-state index is 12.8. The highest BCUT2D eigenvalue weighted by Gasteiger charge is 2.23. The number of nitrogens with one attached hydrogen (secondary N) is 1. The Morgan fingerprint density at radius 1 is 1.06 bits per heavy atom. The summed E-state index contributed by atoms with van der Waals surface area (Å²) in [5.74, 6) is -0.0980. The van der Waals surface area contributed by atoms with Crippen LogP contribution in [0.15, 0.2) is 70.8 Å². The maximum Gasteiger partial charge on any atom is 0.317 e. The van der Waals surface area contributed by atoms with E-state index in [0.717, 1.165) is 25.1 Å². The number of benzene rings is 2. The molecule has 2 aromatic carbocycles. The molecule has 1 unspecified atom stereocenters. The number of likely N-dealkylation sites (tertiary alicyclic amines) is 1. The largest absolute Gasteiger partial charge is 0.350 e. The van der Waals surface area contributed by atoms with Gasteiger partial charge in [0, 0.05) is 24.7 Å². The topological polar surface area (TPSA) is 76.3 Å². The van der Waals surface area contributed by atoms with E-state index in [0.29, 0.717) is 29.2 Å². The number of fused-ring (bicyclic) bond motifs is 1. The third kappa shape index (κ3) is 4.68. The lowest BCUT2D eigenvalue weighted by Crippen LogP contribution is -2.41. The Labute approximate surface area is 193 Å². The number of allylic oxidation sites excluding steroid dienone is 1. The zero-order chi connectivity index (χ0) is 23.4. The first-order valence-electron chi connectivity index (χ1n) is 11.5. The van der Waals surface area contributed by atoms with E-state index in [1.54, 1.807) is 18.2 Å². The first-order chi connectivity index (χ1) is 16.0. The Balaban J connectivity index is 1.53. The van der Waals surface area contributed by atoms with Crippen LogP contribution in [0.5, 0.6) is 0 Å². The second-order valence-corrected chi connectivity index (χ2v) is 8.42. The smallest absolute Gasteiger partial charge is 0.317 e. The molecule has 33 heavy (non-hydrogen) atoms. The Hall–Kier alpha value is -3.45. The molecule has 0 radical (unpaired) electrons. The van der Waals surface area contributed by atoms with Crippen LogP contribution in [-0.4, -0.2) is 45.6 Å². The van der Waals surface area contributed by atoms with Crippen molar-refractivity contribution in [1.29, 1.82) is 0 Å². The van der Waals surface area contributed by atoms with Crippen LogP contribution in [-0.2, 0) is 13.1 Å². The summed E-state index contributed by atoms with van der Waals surface area (Å²) in [5.41, 5.74) is 1.65. The minimum absolute atomic E-state index is 0.0980. The van der Waals surface area contributed by atoms with Crippen LogP contribution < -0.4 is 16.4 Å². The quantitative estimate of drug-likeness (QED) is 0.426. The number of aromatic nitrogens is 2. The molecule has 2 heterocycles. The van der Waals surface area contributed by atoms with Crippen molar-refractivity contribution in [3.8, 4) is 0 Å². The molecule has 1 aliphatic heterocycles. The summed E-state index contributed by atoms with van der Waals surface area (Å²) < 4.78 is 2.93. The van der Waals surface area contributed by atoms with Gasteiger partial charge in [0.25, 0.3) is 5.91 Å². The van der Waals surface area contributed by atoms with Crippen molar-refractivity contribution in [2.24, 2.45) is 0 Å². The Kier molecular flexibility index (Phi) is 6.89. The highest BCUT2D eigenvalue weighted by molar-refractivity contribution is 5.94. The van der Waals surface area contributed by atoms with Crippen molar-refractivity contribution in [3.63, 3.8) is 0 Å². The minimum atomic E-state index is -0.575. The van der Waals surface area contributed by atoms with E-state index in [1.807, 2.05) is 36.4 Å². The minimum Gasteiger partial charge on any atom is -0.350 e. The zero-order valence-corrected chi connectivity index (χ0v) is 19.0.